The van der Waals surface area contributed by atoms with Gasteiger partial charge in [0.15, 0.2) is 0 Å². The number of carbonyl (C=O) groups is 1. The first-order valence-electron chi connectivity index (χ1n) is 5.90. The Morgan fingerprint density at radius 2 is 1.95 bits per heavy atom. The Hall–Kier alpha value is -1.46. The maximum Gasteiger partial charge on any atom is 0.339 e. The summed E-state index contributed by atoms with van der Waals surface area (Å²) in [5.74, 6) is -0.0366. The highest BCUT2D eigenvalue weighted by molar-refractivity contribution is 9.10. The van der Waals surface area contributed by atoms with E-state index in [4.69, 9.17) is 4.74 Å². The van der Waals surface area contributed by atoms with Crippen LogP contribution in [-0.2, 0) is 5.75 Å². The molecule has 0 unspecified atom stereocenters. The molecule has 0 aliphatic carbocycles. The Morgan fingerprint density at radius 1 is 1.25 bits per heavy atom. The molecule has 0 saturated carbocycles. The standard InChI is InChI=1S/C15H13BrO3S/c1-19-14-12(16)8-7-10(13(14)15(17)18)9-20-11-5-3-2-4-6-11/h2-8H,9H2,1H3,(H,17,18). The Bertz CT molecular complexity index is 614. The minimum atomic E-state index is -0.980. The summed E-state index contributed by atoms with van der Waals surface area (Å²) in [6.45, 7) is 0. The van der Waals surface area contributed by atoms with Gasteiger partial charge in [-0.25, -0.2) is 4.79 Å². The number of carboxylic acid groups (broad SMARTS) is 1. The van der Waals surface area contributed by atoms with Gasteiger partial charge in [0.1, 0.15) is 11.3 Å². The maximum atomic E-state index is 11.5. The molecule has 3 nitrogen and oxygen atoms in total. The van der Waals surface area contributed by atoms with Crippen molar-refractivity contribution in [3.63, 3.8) is 0 Å². The van der Waals surface area contributed by atoms with Crippen LogP contribution in [0.2, 0.25) is 0 Å². The van der Waals surface area contributed by atoms with E-state index in [1.54, 1.807) is 11.8 Å². The van der Waals surface area contributed by atoms with Crippen LogP contribution in [0.1, 0.15) is 15.9 Å². The first-order valence-corrected chi connectivity index (χ1v) is 7.68. The summed E-state index contributed by atoms with van der Waals surface area (Å²) < 4.78 is 5.84. The highest BCUT2D eigenvalue weighted by Gasteiger charge is 2.19. The van der Waals surface area contributed by atoms with Gasteiger partial charge in [0.05, 0.1) is 11.6 Å². The number of benzene rings is 2. The summed E-state index contributed by atoms with van der Waals surface area (Å²) in [6, 6.07) is 13.5. The van der Waals surface area contributed by atoms with E-state index >= 15 is 0 Å². The number of ether oxygens (including phenoxy) is 1. The molecule has 0 fully saturated rings. The first kappa shape index (κ1) is 14.9. The van der Waals surface area contributed by atoms with Gasteiger partial charge < -0.3 is 9.84 Å². The van der Waals surface area contributed by atoms with Gasteiger partial charge in [0.25, 0.3) is 0 Å². The van der Waals surface area contributed by atoms with Crippen molar-refractivity contribution in [2.45, 2.75) is 10.6 Å². The molecule has 0 bridgehead atoms. The summed E-state index contributed by atoms with van der Waals surface area (Å²) in [5, 5.41) is 9.39. The SMILES string of the molecule is COc1c(Br)ccc(CSc2ccccc2)c1C(=O)O. The quantitative estimate of drug-likeness (QED) is 0.807. The van der Waals surface area contributed by atoms with Crippen LogP contribution < -0.4 is 4.74 Å². The van der Waals surface area contributed by atoms with Crippen molar-refractivity contribution in [1.82, 2.24) is 0 Å². The highest BCUT2D eigenvalue weighted by Crippen LogP contribution is 2.34. The first-order chi connectivity index (χ1) is 9.63. The third-order valence-corrected chi connectivity index (χ3v) is 4.44. The second-order valence-electron chi connectivity index (χ2n) is 4.02. The molecule has 0 aliphatic rings. The van der Waals surface area contributed by atoms with Crippen LogP contribution in [0.4, 0.5) is 0 Å². The van der Waals surface area contributed by atoms with E-state index in [0.29, 0.717) is 16.0 Å². The summed E-state index contributed by atoms with van der Waals surface area (Å²) in [6.07, 6.45) is 0. The van der Waals surface area contributed by atoms with Gasteiger partial charge in [-0.15, -0.1) is 11.8 Å². The van der Waals surface area contributed by atoms with Crippen molar-refractivity contribution in [1.29, 1.82) is 0 Å². The summed E-state index contributed by atoms with van der Waals surface area (Å²) in [7, 11) is 1.47. The molecule has 0 spiro atoms. The van der Waals surface area contributed by atoms with Gasteiger partial charge in [-0.3, -0.25) is 0 Å². The Balaban J connectivity index is 2.30. The van der Waals surface area contributed by atoms with E-state index in [2.05, 4.69) is 15.9 Å². The van der Waals surface area contributed by atoms with Gasteiger partial charge in [-0.05, 0) is 39.7 Å². The number of rotatable bonds is 5. The molecule has 2 aromatic rings. The van der Waals surface area contributed by atoms with Crippen molar-refractivity contribution >= 4 is 33.7 Å². The number of hydrogen-bond donors (Lipinski definition) is 1. The van der Waals surface area contributed by atoms with E-state index in [1.165, 1.54) is 7.11 Å². The Labute approximate surface area is 130 Å². The average molecular weight is 353 g/mol. The van der Waals surface area contributed by atoms with Crippen molar-refractivity contribution in [3.8, 4) is 5.75 Å². The number of methoxy groups -OCH3 is 1. The Kier molecular flexibility index (Phi) is 5.09. The monoisotopic (exact) mass is 352 g/mol. The van der Waals surface area contributed by atoms with Crippen LogP contribution in [0.3, 0.4) is 0 Å². The number of halogens is 1. The van der Waals surface area contributed by atoms with Crippen molar-refractivity contribution in [2.75, 3.05) is 7.11 Å². The molecule has 5 heteroatoms. The summed E-state index contributed by atoms with van der Waals surface area (Å²) >= 11 is 4.91. The van der Waals surface area contributed by atoms with Crippen molar-refractivity contribution in [2.24, 2.45) is 0 Å². The molecule has 0 saturated heterocycles. The normalized spacial score (nSPS) is 10.3. The van der Waals surface area contributed by atoms with E-state index in [0.717, 1.165) is 10.5 Å². The second kappa shape index (κ2) is 6.81. The van der Waals surface area contributed by atoms with Crippen molar-refractivity contribution in [3.05, 3.63) is 58.1 Å². The van der Waals surface area contributed by atoms with Crippen LogP contribution in [0.25, 0.3) is 0 Å². The third-order valence-electron chi connectivity index (χ3n) is 2.75. The van der Waals surface area contributed by atoms with Gasteiger partial charge in [0.2, 0.25) is 0 Å². The predicted octanol–water partition coefficient (Wildman–Crippen LogP) is 4.45. The summed E-state index contributed by atoms with van der Waals surface area (Å²) in [5.41, 5.74) is 0.955. The molecular weight excluding hydrogens is 340 g/mol. The maximum absolute atomic E-state index is 11.5. The Morgan fingerprint density at radius 3 is 2.55 bits per heavy atom. The number of thioether (sulfide) groups is 1. The van der Waals surface area contributed by atoms with Crippen LogP contribution in [-0.4, -0.2) is 18.2 Å². The number of aromatic carboxylic acids is 1. The van der Waals surface area contributed by atoms with E-state index in [1.807, 2.05) is 42.5 Å². The fraction of sp³-hybridized carbons (Fsp3) is 0.133. The lowest BCUT2D eigenvalue weighted by Gasteiger charge is -2.12. The smallest absolute Gasteiger partial charge is 0.339 e. The molecule has 0 amide bonds. The number of carboxylic acids is 1. The van der Waals surface area contributed by atoms with Gasteiger partial charge in [-0.1, -0.05) is 24.3 Å². The van der Waals surface area contributed by atoms with E-state index < -0.39 is 5.97 Å². The molecule has 1 N–H and O–H groups in total. The second-order valence-corrected chi connectivity index (χ2v) is 5.92. The van der Waals surface area contributed by atoms with Gasteiger partial charge >= 0.3 is 5.97 Å². The molecular formula is C15H13BrO3S. The molecule has 0 aliphatic heterocycles. The molecule has 20 heavy (non-hydrogen) atoms. The van der Waals surface area contributed by atoms with Crippen LogP contribution >= 0.6 is 27.7 Å². The summed E-state index contributed by atoms with van der Waals surface area (Å²) in [4.78, 5) is 12.6. The highest BCUT2D eigenvalue weighted by atomic mass is 79.9. The van der Waals surface area contributed by atoms with Crippen LogP contribution in [0.15, 0.2) is 51.8 Å². The topological polar surface area (TPSA) is 46.5 Å². The lowest BCUT2D eigenvalue weighted by molar-refractivity contribution is 0.0692. The average Bonchev–Trinajstić information content (AvgIpc) is 2.46. The van der Waals surface area contributed by atoms with Crippen LogP contribution in [0, 0.1) is 0 Å². The fourth-order valence-electron chi connectivity index (χ4n) is 1.83. The zero-order valence-electron chi connectivity index (χ0n) is 10.8. The van der Waals surface area contributed by atoms with Gasteiger partial charge in [-0.2, -0.15) is 0 Å². The fourth-order valence-corrected chi connectivity index (χ4v) is 3.23. The predicted molar refractivity (Wildman–Crippen MR) is 83.7 cm³/mol. The molecule has 0 radical (unpaired) electrons. The van der Waals surface area contributed by atoms with E-state index in [-0.39, 0.29) is 5.56 Å². The zero-order chi connectivity index (χ0) is 14.5. The lowest BCUT2D eigenvalue weighted by atomic mass is 10.1. The molecule has 2 aromatic carbocycles. The van der Waals surface area contributed by atoms with Crippen molar-refractivity contribution < 1.29 is 14.6 Å². The largest absolute Gasteiger partial charge is 0.495 e. The number of hydrogen-bond acceptors (Lipinski definition) is 3. The van der Waals surface area contributed by atoms with E-state index in [9.17, 15) is 9.90 Å². The minimum Gasteiger partial charge on any atom is -0.495 e. The molecule has 104 valence electrons. The molecule has 0 heterocycles. The zero-order valence-corrected chi connectivity index (χ0v) is 13.2. The molecule has 2 rings (SSSR count). The minimum absolute atomic E-state index is 0.213. The molecule has 0 aromatic heterocycles. The van der Waals surface area contributed by atoms with Crippen LogP contribution in [0.5, 0.6) is 5.75 Å². The lowest BCUT2D eigenvalue weighted by Crippen LogP contribution is -2.05. The molecule has 0 atom stereocenters. The third kappa shape index (κ3) is 3.35. The van der Waals surface area contributed by atoms with Gasteiger partial charge in [0, 0.05) is 10.6 Å².